The molecule has 0 amide bonds. The van der Waals surface area contributed by atoms with E-state index in [0.717, 1.165) is 5.69 Å². The van der Waals surface area contributed by atoms with Gasteiger partial charge >= 0.3 is 0 Å². The van der Waals surface area contributed by atoms with Crippen molar-refractivity contribution in [3.05, 3.63) is 28.5 Å². The average molecular weight is 262 g/mol. The third kappa shape index (κ3) is 2.70. The first-order valence-electron chi connectivity index (χ1n) is 5.59. The lowest BCUT2D eigenvalue weighted by Crippen LogP contribution is -2.00. The van der Waals surface area contributed by atoms with Gasteiger partial charge in [-0.15, -0.1) is 10.2 Å². The Balaban J connectivity index is 2.46. The molecule has 0 bridgehead atoms. The fourth-order valence-corrected chi connectivity index (χ4v) is 1.68. The van der Waals surface area contributed by atoms with Crippen LogP contribution in [0.15, 0.2) is 18.2 Å². The number of hydrogen-bond acceptors (Lipinski definition) is 5. The minimum Gasteiger partial charge on any atom is -0.480 e. The predicted molar refractivity (Wildman–Crippen MR) is 71.1 cm³/mol. The van der Waals surface area contributed by atoms with Crippen molar-refractivity contribution in [2.45, 2.75) is 19.8 Å². The van der Waals surface area contributed by atoms with Crippen LogP contribution in [0, 0.1) is 4.64 Å². The molecule has 18 heavy (non-hydrogen) atoms. The molecule has 0 unspecified atom stereocenters. The van der Waals surface area contributed by atoms with E-state index in [0.29, 0.717) is 28.0 Å². The molecule has 0 fully saturated rings. The maximum absolute atomic E-state index is 5.15. The van der Waals surface area contributed by atoms with Crippen molar-refractivity contribution in [2.24, 2.45) is 0 Å². The van der Waals surface area contributed by atoms with E-state index in [9.17, 15) is 0 Å². The molecule has 2 heterocycles. The third-order valence-corrected chi connectivity index (χ3v) is 2.69. The Bertz CT molecular complexity index is 592. The van der Waals surface area contributed by atoms with Gasteiger partial charge in [-0.3, -0.25) is 0 Å². The van der Waals surface area contributed by atoms with E-state index in [1.165, 1.54) is 0 Å². The van der Waals surface area contributed by atoms with Crippen LogP contribution >= 0.6 is 12.2 Å². The van der Waals surface area contributed by atoms with E-state index in [-0.39, 0.29) is 0 Å². The summed E-state index contributed by atoms with van der Waals surface area (Å²) in [5.41, 5.74) is 1.67. The molecule has 0 radical (unpaired) electrons. The SMILES string of the molecule is COc1ccc(-c2nc(=S)cc(C(C)C)[nH]2)nn1. The fraction of sp³-hybridized carbons (Fsp3) is 0.333. The van der Waals surface area contributed by atoms with Crippen molar-refractivity contribution in [3.8, 4) is 17.4 Å². The van der Waals surface area contributed by atoms with Crippen molar-refractivity contribution in [1.29, 1.82) is 0 Å². The number of methoxy groups -OCH3 is 1. The first-order valence-corrected chi connectivity index (χ1v) is 6.00. The minimum absolute atomic E-state index is 0.347. The third-order valence-electron chi connectivity index (χ3n) is 2.48. The largest absolute Gasteiger partial charge is 0.480 e. The lowest BCUT2D eigenvalue weighted by molar-refractivity contribution is 0.392. The summed E-state index contributed by atoms with van der Waals surface area (Å²) in [5, 5.41) is 7.96. The predicted octanol–water partition coefficient (Wildman–Crippen LogP) is 2.73. The second-order valence-corrected chi connectivity index (χ2v) is 4.56. The molecular formula is C12H14N4OS. The van der Waals surface area contributed by atoms with Crippen LogP contribution < -0.4 is 4.74 Å². The Morgan fingerprint density at radius 2 is 2.06 bits per heavy atom. The summed E-state index contributed by atoms with van der Waals surface area (Å²) in [4.78, 5) is 7.48. The van der Waals surface area contributed by atoms with Gasteiger partial charge in [0.25, 0.3) is 0 Å². The molecular weight excluding hydrogens is 248 g/mol. The second-order valence-electron chi connectivity index (χ2n) is 4.14. The van der Waals surface area contributed by atoms with Crippen molar-refractivity contribution >= 4 is 12.2 Å². The maximum Gasteiger partial charge on any atom is 0.233 e. The zero-order valence-electron chi connectivity index (χ0n) is 10.5. The number of ether oxygens (including phenoxy) is 1. The Kier molecular flexibility index (Phi) is 3.66. The van der Waals surface area contributed by atoms with Crippen LogP contribution in [0.25, 0.3) is 11.5 Å². The number of aromatic amines is 1. The number of rotatable bonds is 3. The van der Waals surface area contributed by atoms with Crippen LogP contribution in [-0.4, -0.2) is 27.3 Å². The monoisotopic (exact) mass is 262 g/mol. The maximum atomic E-state index is 5.15. The van der Waals surface area contributed by atoms with E-state index in [1.54, 1.807) is 19.2 Å². The van der Waals surface area contributed by atoms with Crippen molar-refractivity contribution < 1.29 is 4.74 Å². The van der Waals surface area contributed by atoms with Crippen molar-refractivity contribution in [1.82, 2.24) is 20.2 Å². The molecule has 0 saturated heterocycles. The molecule has 0 atom stereocenters. The molecule has 2 aromatic heterocycles. The van der Waals surface area contributed by atoms with E-state index < -0.39 is 0 Å². The highest BCUT2D eigenvalue weighted by Gasteiger charge is 2.07. The number of nitrogens with zero attached hydrogens (tertiary/aromatic N) is 3. The second kappa shape index (κ2) is 5.22. The summed E-state index contributed by atoms with van der Waals surface area (Å²) in [6.07, 6.45) is 0. The number of nitrogens with one attached hydrogen (secondary N) is 1. The van der Waals surface area contributed by atoms with Gasteiger partial charge in [0, 0.05) is 11.8 Å². The molecule has 94 valence electrons. The Morgan fingerprint density at radius 1 is 1.28 bits per heavy atom. The van der Waals surface area contributed by atoms with Gasteiger partial charge in [0.1, 0.15) is 10.3 Å². The standard InChI is InChI=1S/C12H14N4OS/c1-7(2)9-6-11(18)14-12(13-9)8-4-5-10(17-3)16-15-8/h4-7H,1-3H3,(H,13,14,18). The number of hydrogen-bond donors (Lipinski definition) is 1. The number of H-pyrrole nitrogens is 1. The minimum atomic E-state index is 0.347. The van der Waals surface area contributed by atoms with Gasteiger partial charge in [0.15, 0.2) is 5.82 Å². The van der Waals surface area contributed by atoms with Crippen LogP contribution in [0.1, 0.15) is 25.5 Å². The van der Waals surface area contributed by atoms with Crippen molar-refractivity contribution in [2.75, 3.05) is 7.11 Å². The summed E-state index contributed by atoms with van der Waals surface area (Å²) in [5.74, 6) is 1.44. The van der Waals surface area contributed by atoms with Crippen LogP contribution in [-0.2, 0) is 0 Å². The van der Waals surface area contributed by atoms with Crippen LogP contribution in [0.4, 0.5) is 0 Å². The van der Waals surface area contributed by atoms with Gasteiger partial charge in [-0.1, -0.05) is 26.1 Å². The van der Waals surface area contributed by atoms with Crippen LogP contribution in [0.5, 0.6) is 5.88 Å². The summed E-state index contributed by atoms with van der Waals surface area (Å²) < 4.78 is 5.51. The molecule has 0 aliphatic carbocycles. The molecule has 1 N–H and O–H groups in total. The van der Waals surface area contributed by atoms with Crippen LogP contribution in [0.3, 0.4) is 0 Å². The molecule has 0 aliphatic rings. The zero-order chi connectivity index (χ0) is 13.1. The van der Waals surface area contributed by atoms with Gasteiger partial charge in [-0.05, 0) is 18.1 Å². The van der Waals surface area contributed by atoms with Gasteiger partial charge in [0.05, 0.1) is 7.11 Å². The summed E-state index contributed by atoms with van der Waals surface area (Å²) in [7, 11) is 1.55. The van der Waals surface area contributed by atoms with E-state index in [2.05, 4.69) is 34.0 Å². The van der Waals surface area contributed by atoms with Gasteiger partial charge in [-0.25, -0.2) is 4.98 Å². The molecule has 0 aromatic carbocycles. The highest BCUT2D eigenvalue weighted by molar-refractivity contribution is 7.71. The molecule has 6 heteroatoms. The summed E-state index contributed by atoms with van der Waals surface area (Å²) in [6.45, 7) is 4.17. The molecule has 0 spiro atoms. The first kappa shape index (κ1) is 12.6. The topological polar surface area (TPSA) is 63.7 Å². The first-order chi connectivity index (χ1) is 8.60. The zero-order valence-corrected chi connectivity index (χ0v) is 11.3. The highest BCUT2D eigenvalue weighted by Crippen LogP contribution is 2.17. The molecule has 2 rings (SSSR count). The summed E-state index contributed by atoms with van der Waals surface area (Å²) in [6, 6.07) is 5.40. The Morgan fingerprint density at radius 3 is 2.61 bits per heavy atom. The lowest BCUT2D eigenvalue weighted by atomic mass is 10.1. The summed E-state index contributed by atoms with van der Waals surface area (Å²) >= 11 is 5.15. The quantitative estimate of drug-likeness (QED) is 0.862. The number of aromatic nitrogens is 4. The average Bonchev–Trinajstić information content (AvgIpc) is 2.38. The smallest absolute Gasteiger partial charge is 0.233 e. The Hall–Kier alpha value is -1.82. The fourth-order valence-electron chi connectivity index (χ4n) is 1.46. The molecule has 0 aliphatic heterocycles. The molecule has 2 aromatic rings. The van der Waals surface area contributed by atoms with Gasteiger partial charge < -0.3 is 9.72 Å². The molecule has 0 saturated carbocycles. The lowest BCUT2D eigenvalue weighted by Gasteiger charge is -2.08. The normalized spacial score (nSPS) is 10.7. The van der Waals surface area contributed by atoms with Gasteiger partial charge in [0.2, 0.25) is 5.88 Å². The Labute approximate surface area is 110 Å². The van der Waals surface area contributed by atoms with E-state index in [4.69, 9.17) is 17.0 Å². The van der Waals surface area contributed by atoms with Crippen LogP contribution in [0.2, 0.25) is 0 Å². The van der Waals surface area contributed by atoms with Gasteiger partial charge in [-0.2, -0.15) is 0 Å². The van der Waals surface area contributed by atoms with E-state index in [1.807, 2.05) is 6.07 Å². The highest BCUT2D eigenvalue weighted by atomic mass is 32.1. The van der Waals surface area contributed by atoms with E-state index >= 15 is 0 Å². The molecule has 5 nitrogen and oxygen atoms in total. The van der Waals surface area contributed by atoms with Crippen molar-refractivity contribution in [3.63, 3.8) is 0 Å².